The summed E-state index contributed by atoms with van der Waals surface area (Å²) in [6, 6.07) is 8.46. The Labute approximate surface area is 95.9 Å². The van der Waals surface area contributed by atoms with Gasteiger partial charge < -0.3 is 9.73 Å². The van der Waals surface area contributed by atoms with Gasteiger partial charge in [0.1, 0.15) is 5.52 Å². The molecular formula is C13H18N2O. The summed E-state index contributed by atoms with van der Waals surface area (Å²) in [6.07, 6.45) is 5.01. The Hall–Kier alpha value is -1.51. The first-order chi connectivity index (χ1) is 7.90. The lowest BCUT2D eigenvalue weighted by molar-refractivity contribution is 0.606. The van der Waals surface area contributed by atoms with E-state index in [1.54, 1.807) is 0 Å². The van der Waals surface area contributed by atoms with E-state index in [0.717, 1.165) is 17.6 Å². The first kappa shape index (κ1) is 11.0. The Morgan fingerprint density at radius 2 is 2.06 bits per heavy atom. The molecule has 0 saturated carbocycles. The lowest BCUT2D eigenvalue weighted by Gasteiger charge is -2.00. The number of anilines is 1. The van der Waals surface area contributed by atoms with Crippen molar-refractivity contribution in [1.29, 1.82) is 0 Å². The van der Waals surface area contributed by atoms with Gasteiger partial charge in [0.05, 0.1) is 0 Å². The molecule has 0 amide bonds. The van der Waals surface area contributed by atoms with Crippen molar-refractivity contribution in [3.63, 3.8) is 0 Å². The average Bonchev–Trinajstić information content (AvgIpc) is 2.71. The molecule has 3 nitrogen and oxygen atoms in total. The molecule has 0 aliphatic heterocycles. The van der Waals surface area contributed by atoms with Gasteiger partial charge in [-0.2, -0.15) is 4.98 Å². The van der Waals surface area contributed by atoms with Crippen molar-refractivity contribution < 1.29 is 4.42 Å². The van der Waals surface area contributed by atoms with Crippen molar-refractivity contribution in [3.8, 4) is 0 Å². The van der Waals surface area contributed by atoms with Crippen molar-refractivity contribution in [2.45, 2.75) is 32.6 Å². The molecule has 1 heterocycles. The van der Waals surface area contributed by atoms with Crippen LogP contribution in [0.4, 0.5) is 6.01 Å². The highest BCUT2D eigenvalue weighted by atomic mass is 16.4. The van der Waals surface area contributed by atoms with Crippen LogP contribution in [-0.2, 0) is 0 Å². The van der Waals surface area contributed by atoms with Crippen LogP contribution in [0.25, 0.3) is 11.1 Å². The van der Waals surface area contributed by atoms with Crippen LogP contribution >= 0.6 is 0 Å². The van der Waals surface area contributed by atoms with Crippen molar-refractivity contribution in [2.24, 2.45) is 0 Å². The molecule has 2 rings (SSSR count). The van der Waals surface area contributed by atoms with Gasteiger partial charge in [-0.05, 0) is 18.6 Å². The summed E-state index contributed by atoms with van der Waals surface area (Å²) in [5.74, 6) is 0. The fraction of sp³-hybridized carbons (Fsp3) is 0.462. The molecule has 0 radical (unpaired) electrons. The first-order valence-electron chi connectivity index (χ1n) is 5.99. The van der Waals surface area contributed by atoms with Gasteiger partial charge >= 0.3 is 0 Å². The third-order valence-corrected chi connectivity index (χ3v) is 2.60. The number of nitrogens with zero attached hydrogens (tertiary/aromatic N) is 1. The van der Waals surface area contributed by atoms with Gasteiger partial charge in [0.15, 0.2) is 5.58 Å². The molecule has 0 spiro atoms. The average molecular weight is 218 g/mol. The second-order valence-corrected chi connectivity index (χ2v) is 3.97. The summed E-state index contributed by atoms with van der Waals surface area (Å²) in [7, 11) is 0. The van der Waals surface area contributed by atoms with Crippen LogP contribution in [0, 0.1) is 0 Å². The van der Waals surface area contributed by atoms with Crippen LogP contribution in [0.15, 0.2) is 28.7 Å². The van der Waals surface area contributed by atoms with Crippen LogP contribution in [0.2, 0.25) is 0 Å². The number of aromatic nitrogens is 1. The summed E-state index contributed by atoms with van der Waals surface area (Å²) in [6.45, 7) is 3.15. The highest BCUT2D eigenvalue weighted by molar-refractivity contribution is 5.74. The molecule has 0 unspecified atom stereocenters. The van der Waals surface area contributed by atoms with Gasteiger partial charge in [0.2, 0.25) is 0 Å². The van der Waals surface area contributed by atoms with E-state index >= 15 is 0 Å². The van der Waals surface area contributed by atoms with Gasteiger partial charge in [0.25, 0.3) is 6.01 Å². The molecule has 0 bridgehead atoms. The molecule has 0 fully saturated rings. The number of oxazole rings is 1. The van der Waals surface area contributed by atoms with E-state index in [1.165, 1.54) is 25.7 Å². The zero-order valence-electron chi connectivity index (χ0n) is 9.70. The molecule has 0 aliphatic rings. The van der Waals surface area contributed by atoms with Crippen LogP contribution < -0.4 is 5.32 Å². The number of para-hydroxylation sites is 2. The second-order valence-electron chi connectivity index (χ2n) is 3.97. The highest BCUT2D eigenvalue weighted by Crippen LogP contribution is 2.17. The van der Waals surface area contributed by atoms with Crippen LogP contribution in [-0.4, -0.2) is 11.5 Å². The number of unbranched alkanes of at least 4 members (excludes halogenated alkanes) is 3. The number of nitrogens with one attached hydrogen (secondary N) is 1. The van der Waals surface area contributed by atoms with Gasteiger partial charge in [-0.1, -0.05) is 38.3 Å². The van der Waals surface area contributed by atoms with Crippen molar-refractivity contribution in [2.75, 3.05) is 11.9 Å². The number of fused-ring (bicyclic) bond motifs is 1. The second kappa shape index (κ2) is 5.54. The van der Waals surface area contributed by atoms with E-state index in [2.05, 4.69) is 17.2 Å². The summed E-state index contributed by atoms with van der Waals surface area (Å²) in [5, 5.41) is 3.22. The maximum Gasteiger partial charge on any atom is 0.295 e. The maximum absolute atomic E-state index is 5.55. The van der Waals surface area contributed by atoms with Crippen molar-refractivity contribution >= 4 is 17.1 Å². The zero-order chi connectivity index (χ0) is 11.2. The Bertz CT molecular complexity index is 403. The van der Waals surface area contributed by atoms with Crippen LogP contribution in [0.5, 0.6) is 0 Å². The van der Waals surface area contributed by atoms with Crippen molar-refractivity contribution in [1.82, 2.24) is 4.98 Å². The zero-order valence-corrected chi connectivity index (χ0v) is 9.70. The Morgan fingerprint density at radius 1 is 1.19 bits per heavy atom. The summed E-state index contributed by atoms with van der Waals surface area (Å²) >= 11 is 0. The molecule has 0 saturated heterocycles. The topological polar surface area (TPSA) is 38.1 Å². The summed E-state index contributed by atoms with van der Waals surface area (Å²) in [4.78, 5) is 4.35. The van der Waals surface area contributed by atoms with Gasteiger partial charge in [-0.15, -0.1) is 0 Å². The molecular weight excluding hydrogens is 200 g/mol. The summed E-state index contributed by atoms with van der Waals surface area (Å²) < 4.78 is 5.55. The fourth-order valence-electron chi connectivity index (χ4n) is 1.69. The molecule has 2 aromatic rings. The number of hydrogen-bond donors (Lipinski definition) is 1. The van der Waals surface area contributed by atoms with Crippen LogP contribution in [0.3, 0.4) is 0 Å². The number of rotatable bonds is 6. The Balaban J connectivity index is 1.85. The van der Waals surface area contributed by atoms with Gasteiger partial charge in [-0.25, -0.2) is 0 Å². The van der Waals surface area contributed by atoms with Crippen LogP contribution in [0.1, 0.15) is 32.6 Å². The minimum atomic E-state index is 0.637. The smallest absolute Gasteiger partial charge is 0.295 e. The molecule has 0 atom stereocenters. The first-order valence-corrected chi connectivity index (χ1v) is 5.99. The lowest BCUT2D eigenvalue weighted by atomic mass is 10.2. The Kier molecular flexibility index (Phi) is 3.81. The molecule has 16 heavy (non-hydrogen) atoms. The normalized spacial score (nSPS) is 10.8. The summed E-state index contributed by atoms with van der Waals surface area (Å²) in [5.41, 5.74) is 1.76. The standard InChI is InChI=1S/C13H18N2O/c1-2-3-4-7-10-14-13-15-11-8-5-6-9-12(11)16-13/h5-6,8-9H,2-4,7,10H2,1H3,(H,14,15). The number of hydrogen-bond acceptors (Lipinski definition) is 3. The van der Waals surface area contributed by atoms with E-state index in [-0.39, 0.29) is 0 Å². The molecule has 3 heteroatoms. The minimum Gasteiger partial charge on any atom is -0.424 e. The van der Waals surface area contributed by atoms with E-state index in [4.69, 9.17) is 4.42 Å². The van der Waals surface area contributed by atoms with Crippen molar-refractivity contribution in [3.05, 3.63) is 24.3 Å². The molecule has 0 aliphatic carbocycles. The fourth-order valence-corrected chi connectivity index (χ4v) is 1.69. The van der Waals surface area contributed by atoms with E-state index in [0.29, 0.717) is 6.01 Å². The van der Waals surface area contributed by atoms with E-state index in [1.807, 2.05) is 24.3 Å². The maximum atomic E-state index is 5.55. The third-order valence-electron chi connectivity index (χ3n) is 2.60. The lowest BCUT2D eigenvalue weighted by Crippen LogP contribution is -2.01. The predicted molar refractivity (Wildman–Crippen MR) is 66.6 cm³/mol. The quantitative estimate of drug-likeness (QED) is 0.749. The monoisotopic (exact) mass is 218 g/mol. The molecule has 1 aromatic carbocycles. The SMILES string of the molecule is CCCCCCNc1nc2ccccc2o1. The minimum absolute atomic E-state index is 0.637. The van der Waals surface area contributed by atoms with E-state index < -0.39 is 0 Å². The largest absolute Gasteiger partial charge is 0.424 e. The van der Waals surface area contributed by atoms with E-state index in [9.17, 15) is 0 Å². The molecule has 1 N–H and O–H groups in total. The predicted octanol–water partition coefficient (Wildman–Crippen LogP) is 3.82. The number of benzene rings is 1. The third kappa shape index (κ3) is 2.75. The Morgan fingerprint density at radius 3 is 2.88 bits per heavy atom. The molecule has 86 valence electrons. The van der Waals surface area contributed by atoms with Gasteiger partial charge in [-0.3, -0.25) is 0 Å². The molecule has 1 aromatic heterocycles. The highest BCUT2D eigenvalue weighted by Gasteiger charge is 2.02. The van der Waals surface area contributed by atoms with Gasteiger partial charge in [0, 0.05) is 6.54 Å².